The van der Waals surface area contributed by atoms with E-state index in [0.717, 1.165) is 64.7 Å². The van der Waals surface area contributed by atoms with Gasteiger partial charge in [0.25, 0.3) is 0 Å². The molecular formula is C30H28N4OS2. The lowest BCUT2D eigenvalue weighted by Crippen LogP contribution is -2.39. The maximum absolute atomic E-state index is 13.2. The first-order valence-electron chi connectivity index (χ1n) is 12.7. The lowest BCUT2D eigenvalue weighted by molar-refractivity contribution is -0.129. The number of piperidine rings is 1. The largest absolute Gasteiger partial charge is 0.342 e. The normalized spacial score (nSPS) is 14.3. The zero-order valence-corrected chi connectivity index (χ0v) is 22.1. The molecule has 37 heavy (non-hydrogen) atoms. The van der Waals surface area contributed by atoms with Crippen LogP contribution < -0.4 is 0 Å². The predicted molar refractivity (Wildman–Crippen MR) is 152 cm³/mol. The minimum absolute atomic E-state index is 0.174. The van der Waals surface area contributed by atoms with Crippen molar-refractivity contribution in [3.8, 4) is 16.4 Å². The average molecular weight is 525 g/mol. The summed E-state index contributed by atoms with van der Waals surface area (Å²) < 4.78 is 2.11. The summed E-state index contributed by atoms with van der Waals surface area (Å²) in [7, 11) is 0. The van der Waals surface area contributed by atoms with Crippen molar-refractivity contribution in [3.05, 3.63) is 95.9 Å². The number of rotatable bonds is 7. The average Bonchev–Trinajstić information content (AvgIpc) is 3.63. The van der Waals surface area contributed by atoms with Gasteiger partial charge in [-0.2, -0.15) is 0 Å². The van der Waals surface area contributed by atoms with Crippen molar-refractivity contribution in [2.75, 3.05) is 18.8 Å². The van der Waals surface area contributed by atoms with Gasteiger partial charge in [0.15, 0.2) is 11.0 Å². The molecule has 0 N–H and O–H groups in total. The molecule has 1 aliphatic rings. The van der Waals surface area contributed by atoms with Crippen LogP contribution in [0.3, 0.4) is 0 Å². The monoisotopic (exact) mass is 524 g/mol. The van der Waals surface area contributed by atoms with Gasteiger partial charge in [-0.25, -0.2) is 0 Å². The molecule has 0 unspecified atom stereocenters. The van der Waals surface area contributed by atoms with E-state index in [1.54, 1.807) is 11.3 Å². The van der Waals surface area contributed by atoms with E-state index < -0.39 is 0 Å². The van der Waals surface area contributed by atoms with E-state index in [1.807, 2.05) is 11.0 Å². The number of hydrogen-bond acceptors (Lipinski definition) is 5. The second-order valence-corrected chi connectivity index (χ2v) is 11.3. The number of thiophene rings is 1. The summed E-state index contributed by atoms with van der Waals surface area (Å²) in [6.45, 7) is 1.65. The van der Waals surface area contributed by atoms with Crippen LogP contribution in [0.5, 0.6) is 0 Å². The molecule has 1 fully saturated rings. The molecular weight excluding hydrogens is 496 g/mol. The van der Waals surface area contributed by atoms with Crippen molar-refractivity contribution in [2.24, 2.45) is 5.92 Å². The number of amides is 1. The highest BCUT2D eigenvalue weighted by molar-refractivity contribution is 7.99. The third-order valence-corrected chi connectivity index (χ3v) is 8.82. The standard InChI is InChI=1S/C30H28N4OS2/c35-28(33-17-15-23(16-18-33)20-22-8-2-1-3-9-22)21-37-30-32-31-29(27-14-7-19-36-27)34(30)26-13-6-11-24-10-4-5-12-25(24)26/h1-14,19,23H,15-18,20-21H2. The van der Waals surface area contributed by atoms with Gasteiger partial charge >= 0.3 is 0 Å². The number of hydrogen-bond donors (Lipinski definition) is 0. The van der Waals surface area contributed by atoms with Crippen LogP contribution in [0.4, 0.5) is 0 Å². The number of nitrogens with zero attached hydrogens (tertiary/aromatic N) is 4. The topological polar surface area (TPSA) is 51.0 Å². The van der Waals surface area contributed by atoms with Gasteiger partial charge in [-0.15, -0.1) is 21.5 Å². The van der Waals surface area contributed by atoms with E-state index >= 15 is 0 Å². The van der Waals surface area contributed by atoms with Gasteiger partial charge in [-0.05, 0) is 53.6 Å². The number of likely N-dealkylation sites (tertiary alicyclic amines) is 1. The number of fused-ring (bicyclic) bond motifs is 1. The summed E-state index contributed by atoms with van der Waals surface area (Å²) in [6, 6.07) is 29.4. The molecule has 0 atom stereocenters. The van der Waals surface area contributed by atoms with Gasteiger partial charge in [0.1, 0.15) is 0 Å². The highest BCUT2D eigenvalue weighted by atomic mass is 32.2. The third kappa shape index (κ3) is 5.20. The lowest BCUT2D eigenvalue weighted by atomic mass is 9.90. The summed E-state index contributed by atoms with van der Waals surface area (Å²) >= 11 is 3.12. The molecule has 6 rings (SSSR count). The van der Waals surface area contributed by atoms with Crippen molar-refractivity contribution >= 4 is 39.8 Å². The summed E-state index contributed by atoms with van der Waals surface area (Å²) in [5, 5.41) is 14.2. The minimum Gasteiger partial charge on any atom is -0.342 e. The summed E-state index contributed by atoms with van der Waals surface area (Å²) in [5.74, 6) is 1.98. The van der Waals surface area contributed by atoms with Gasteiger partial charge in [0.05, 0.1) is 16.3 Å². The van der Waals surface area contributed by atoms with E-state index in [2.05, 4.69) is 99.0 Å². The Labute approximate surface area is 225 Å². The molecule has 1 amide bonds. The van der Waals surface area contributed by atoms with E-state index in [1.165, 1.54) is 17.3 Å². The first-order chi connectivity index (χ1) is 18.3. The summed E-state index contributed by atoms with van der Waals surface area (Å²) in [5.41, 5.74) is 2.42. The van der Waals surface area contributed by atoms with Crippen LogP contribution in [0.1, 0.15) is 18.4 Å². The SMILES string of the molecule is O=C(CSc1nnc(-c2cccs2)n1-c1cccc2ccccc12)N1CCC(Cc2ccccc2)CC1. The molecule has 5 aromatic rings. The smallest absolute Gasteiger partial charge is 0.233 e. The number of benzene rings is 3. The zero-order chi connectivity index (χ0) is 25.0. The number of aromatic nitrogens is 3. The van der Waals surface area contributed by atoms with Gasteiger partial charge in [0.2, 0.25) is 5.91 Å². The Balaban J connectivity index is 1.18. The third-order valence-electron chi connectivity index (χ3n) is 7.04. The van der Waals surface area contributed by atoms with Crippen LogP contribution in [0, 0.1) is 5.92 Å². The maximum atomic E-state index is 13.2. The van der Waals surface area contributed by atoms with E-state index in [9.17, 15) is 4.79 Å². The molecule has 0 saturated carbocycles. The second kappa shape index (κ2) is 10.9. The zero-order valence-electron chi connectivity index (χ0n) is 20.5. The maximum Gasteiger partial charge on any atom is 0.233 e. The molecule has 0 radical (unpaired) electrons. The second-order valence-electron chi connectivity index (χ2n) is 9.42. The Hall–Kier alpha value is -3.42. The first kappa shape index (κ1) is 23.9. The molecule has 0 spiro atoms. The molecule has 1 saturated heterocycles. The number of carbonyl (C=O) groups is 1. The Morgan fingerprint density at radius 2 is 1.68 bits per heavy atom. The van der Waals surface area contributed by atoms with Crippen molar-refractivity contribution < 1.29 is 4.79 Å². The Kier molecular flexibility index (Phi) is 7.06. The van der Waals surface area contributed by atoms with Crippen molar-refractivity contribution in [1.82, 2.24) is 19.7 Å². The van der Waals surface area contributed by atoms with Gasteiger partial charge < -0.3 is 4.90 Å². The van der Waals surface area contributed by atoms with Gasteiger partial charge in [-0.1, -0.05) is 84.6 Å². The first-order valence-corrected chi connectivity index (χ1v) is 14.5. The highest BCUT2D eigenvalue weighted by Gasteiger charge is 2.25. The summed E-state index contributed by atoms with van der Waals surface area (Å²) in [6.07, 6.45) is 3.21. The van der Waals surface area contributed by atoms with Crippen LogP contribution >= 0.6 is 23.1 Å². The molecule has 0 bridgehead atoms. The van der Waals surface area contributed by atoms with Crippen LogP contribution in [0.15, 0.2) is 95.5 Å². The van der Waals surface area contributed by atoms with Crippen LogP contribution in [0.2, 0.25) is 0 Å². The summed E-state index contributed by atoms with van der Waals surface area (Å²) in [4.78, 5) is 16.3. The van der Waals surface area contributed by atoms with Crippen molar-refractivity contribution in [3.63, 3.8) is 0 Å². The number of carbonyl (C=O) groups excluding carboxylic acids is 1. The number of thioether (sulfide) groups is 1. The van der Waals surface area contributed by atoms with Gasteiger partial charge in [-0.3, -0.25) is 9.36 Å². The van der Waals surface area contributed by atoms with Crippen LogP contribution in [-0.2, 0) is 11.2 Å². The fraction of sp³-hybridized carbons (Fsp3) is 0.233. The van der Waals surface area contributed by atoms with Crippen molar-refractivity contribution in [1.29, 1.82) is 0 Å². The van der Waals surface area contributed by atoms with Crippen LogP contribution in [-0.4, -0.2) is 44.4 Å². The molecule has 1 aliphatic heterocycles. The Morgan fingerprint density at radius 1 is 0.892 bits per heavy atom. The molecule has 186 valence electrons. The predicted octanol–water partition coefficient (Wildman–Crippen LogP) is 6.72. The van der Waals surface area contributed by atoms with Gasteiger partial charge in [0, 0.05) is 18.5 Å². The van der Waals surface area contributed by atoms with Crippen molar-refractivity contribution in [2.45, 2.75) is 24.4 Å². The molecule has 7 heteroatoms. The minimum atomic E-state index is 0.174. The molecule has 3 heterocycles. The van der Waals surface area contributed by atoms with E-state index in [-0.39, 0.29) is 5.91 Å². The Morgan fingerprint density at radius 3 is 2.49 bits per heavy atom. The van der Waals surface area contributed by atoms with E-state index in [4.69, 9.17) is 0 Å². The molecule has 3 aromatic carbocycles. The lowest BCUT2D eigenvalue weighted by Gasteiger charge is -2.32. The van der Waals surface area contributed by atoms with Crippen LogP contribution in [0.25, 0.3) is 27.2 Å². The molecule has 2 aromatic heterocycles. The quantitative estimate of drug-likeness (QED) is 0.222. The highest BCUT2D eigenvalue weighted by Crippen LogP contribution is 2.33. The fourth-order valence-corrected chi connectivity index (χ4v) is 6.65. The Bertz CT molecular complexity index is 1480. The van der Waals surface area contributed by atoms with E-state index in [0.29, 0.717) is 11.7 Å². The molecule has 0 aliphatic carbocycles. The molecule has 5 nitrogen and oxygen atoms in total. The fourth-order valence-electron chi connectivity index (χ4n) is 5.10.